The molecular weight excluding hydrogens is 384 g/mol. The standard InChI is InChI=1S/C23H28N2O5/c1-29-20-10-8-18(16-21(20)30-2)23(28)25-14-12-24(13-15-25)19(9-11-22(26)27)17-6-4-3-5-7-17/h3-8,10,16,19H,9,11-15H2,1-2H3,(H,26,27)/t19-/m1/s1. The molecule has 7 heteroatoms. The average Bonchev–Trinajstić information content (AvgIpc) is 2.79. The van der Waals surface area contributed by atoms with Crippen molar-refractivity contribution in [1.82, 2.24) is 9.80 Å². The lowest BCUT2D eigenvalue weighted by atomic mass is 9.99. The normalized spacial score (nSPS) is 15.5. The maximum absolute atomic E-state index is 13.0. The molecular formula is C23H28N2O5. The summed E-state index contributed by atoms with van der Waals surface area (Å²) in [5.74, 6) is 0.276. The minimum absolute atomic E-state index is 0.0284. The smallest absolute Gasteiger partial charge is 0.303 e. The fourth-order valence-electron chi connectivity index (χ4n) is 3.88. The van der Waals surface area contributed by atoms with Crippen LogP contribution < -0.4 is 9.47 Å². The maximum Gasteiger partial charge on any atom is 0.303 e. The minimum Gasteiger partial charge on any atom is -0.493 e. The van der Waals surface area contributed by atoms with Gasteiger partial charge in [0, 0.05) is 44.2 Å². The fourth-order valence-corrected chi connectivity index (χ4v) is 3.88. The summed E-state index contributed by atoms with van der Waals surface area (Å²) in [6.07, 6.45) is 0.660. The van der Waals surface area contributed by atoms with Gasteiger partial charge in [0.15, 0.2) is 11.5 Å². The van der Waals surface area contributed by atoms with Gasteiger partial charge in [0.2, 0.25) is 0 Å². The third-order valence-corrected chi connectivity index (χ3v) is 5.49. The molecule has 2 aromatic rings. The van der Waals surface area contributed by atoms with Gasteiger partial charge < -0.3 is 19.5 Å². The number of hydrogen-bond acceptors (Lipinski definition) is 5. The molecule has 1 atom stereocenters. The number of amides is 1. The summed E-state index contributed by atoms with van der Waals surface area (Å²) in [5, 5.41) is 9.14. The Hall–Kier alpha value is -3.06. The molecule has 0 unspecified atom stereocenters. The van der Waals surface area contributed by atoms with Gasteiger partial charge in [0.1, 0.15) is 0 Å². The third-order valence-electron chi connectivity index (χ3n) is 5.49. The molecule has 160 valence electrons. The second kappa shape index (κ2) is 10.1. The predicted octanol–water partition coefficient (Wildman–Crippen LogP) is 3.07. The van der Waals surface area contributed by atoms with Crippen molar-refractivity contribution in [3.8, 4) is 11.5 Å². The van der Waals surface area contributed by atoms with Gasteiger partial charge in [-0.05, 0) is 30.2 Å². The van der Waals surface area contributed by atoms with Crippen molar-refractivity contribution >= 4 is 11.9 Å². The molecule has 7 nitrogen and oxygen atoms in total. The Kier molecular flexibility index (Phi) is 7.30. The number of ether oxygens (including phenoxy) is 2. The summed E-state index contributed by atoms with van der Waals surface area (Å²) in [4.78, 5) is 28.2. The van der Waals surface area contributed by atoms with E-state index in [2.05, 4.69) is 4.90 Å². The van der Waals surface area contributed by atoms with Crippen molar-refractivity contribution in [1.29, 1.82) is 0 Å². The number of nitrogens with zero attached hydrogens (tertiary/aromatic N) is 2. The van der Waals surface area contributed by atoms with Gasteiger partial charge in [0.25, 0.3) is 5.91 Å². The van der Waals surface area contributed by atoms with E-state index < -0.39 is 5.97 Å². The lowest BCUT2D eigenvalue weighted by Crippen LogP contribution is -2.49. The largest absolute Gasteiger partial charge is 0.493 e. The molecule has 1 aliphatic heterocycles. The second-order valence-electron chi connectivity index (χ2n) is 7.26. The van der Waals surface area contributed by atoms with Gasteiger partial charge in [-0.1, -0.05) is 30.3 Å². The van der Waals surface area contributed by atoms with E-state index in [1.807, 2.05) is 35.2 Å². The molecule has 1 heterocycles. The van der Waals surface area contributed by atoms with E-state index >= 15 is 0 Å². The van der Waals surface area contributed by atoms with Gasteiger partial charge in [-0.3, -0.25) is 14.5 Å². The topological polar surface area (TPSA) is 79.3 Å². The number of methoxy groups -OCH3 is 2. The molecule has 0 radical (unpaired) electrons. The van der Waals surface area contributed by atoms with E-state index in [4.69, 9.17) is 14.6 Å². The highest BCUT2D eigenvalue weighted by atomic mass is 16.5. The molecule has 1 fully saturated rings. The fraction of sp³-hybridized carbons (Fsp3) is 0.391. The number of rotatable bonds is 8. The Morgan fingerprint density at radius 2 is 1.63 bits per heavy atom. The van der Waals surface area contributed by atoms with Crippen LogP contribution in [0.2, 0.25) is 0 Å². The highest BCUT2D eigenvalue weighted by molar-refractivity contribution is 5.95. The van der Waals surface area contributed by atoms with Gasteiger partial charge >= 0.3 is 5.97 Å². The second-order valence-corrected chi connectivity index (χ2v) is 7.26. The lowest BCUT2D eigenvalue weighted by Gasteiger charge is -2.39. The number of piperazine rings is 1. The Morgan fingerprint density at radius 1 is 0.967 bits per heavy atom. The lowest BCUT2D eigenvalue weighted by molar-refractivity contribution is -0.137. The van der Waals surface area contributed by atoms with E-state index in [1.165, 1.54) is 0 Å². The van der Waals surface area contributed by atoms with E-state index in [-0.39, 0.29) is 18.4 Å². The quantitative estimate of drug-likeness (QED) is 0.718. The summed E-state index contributed by atoms with van der Waals surface area (Å²) < 4.78 is 10.5. The molecule has 0 spiro atoms. The van der Waals surface area contributed by atoms with Crippen LogP contribution in [0.3, 0.4) is 0 Å². The molecule has 1 saturated heterocycles. The van der Waals surface area contributed by atoms with Crippen molar-refractivity contribution < 1.29 is 24.2 Å². The predicted molar refractivity (Wildman–Crippen MR) is 113 cm³/mol. The van der Waals surface area contributed by atoms with Crippen LogP contribution in [0.4, 0.5) is 0 Å². The van der Waals surface area contributed by atoms with Crippen molar-refractivity contribution in [3.63, 3.8) is 0 Å². The van der Waals surface area contributed by atoms with Gasteiger partial charge in [-0.15, -0.1) is 0 Å². The number of benzene rings is 2. The molecule has 1 N–H and O–H groups in total. The Balaban J connectivity index is 1.67. The van der Waals surface area contributed by atoms with E-state index in [1.54, 1.807) is 32.4 Å². The summed E-state index contributed by atoms with van der Waals surface area (Å²) in [6, 6.07) is 15.2. The van der Waals surface area contributed by atoms with Crippen molar-refractivity contribution in [2.24, 2.45) is 0 Å². The zero-order chi connectivity index (χ0) is 21.5. The molecule has 2 aromatic carbocycles. The summed E-state index contributed by atoms with van der Waals surface area (Å²) in [7, 11) is 3.11. The van der Waals surface area contributed by atoms with Crippen molar-refractivity contribution in [3.05, 3.63) is 59.7 Å². The SMILES string of the molecule is COc1ccc(C(=O)N2CCN([C@H](CCC(=O)O)c3ccccc3)CC2)cc1OC. The highest BCUT2D eigenvalue weighted by Gasteiger charge is 2.28. The number of aliphatic carboxylic acids is 1. The number of carboxylic acids is 1. The number of hydrogen-bond donors (Lipinski definition) is 1. The Bertz CT molecular complexity index is 863. The van der Waals surface area contributed by atoms with Crippen molar-refractivity contribution in [2.75, 3.05) is 40.4 Å². The van der Waals surface area contributed by atoms with E-state index in [9.17, 15) is 9.59 Å². The summed E-state index contributed by atoms with van der Waals surface area (Å²) in [5.41, 5.74) is 1.67. The zero-order valence-corrected chi connectivity index (χ0v) is 17.4. The van der Waals surface area contributed by atoms with Crippen LogP contribution in [-0.2, 0) is 4.79 Å². The summed E-state index contributed by atoms with van der Waals surface area (Å²) >= 11 is 0. The number of carboxylic acid groups (broad SMARTS) is 1. The molecule has 0 aromatic heterocycles. The molecule has 0 bridgehead atoms. The molecule has 0 saturated carbocycles. The Labute approximate surface area is 176 Å². The van der Waals surface area contributed by atoms with Crippen LogP contribution >= 0.6 is 0 Å². The highest BCUT2D eigenvalue weighted by Crippen LogP contribution is 2.29. The molecule has 1 aliphatic rings. The molecule has 0 aliphatic carbocycles. The number of carbonyl (C=O) groups excluding carboxylic acids is 1. The van der Waals surface area contributed by atoms with Crippen LogP contribution in [-0.4, -0.2) is 67.2 Å². The first-order valence-electron chi connectivity index (χ1n) is 10.1. The maximum atomic E-state index is 13.0. The van der Waals surface area contributed by atoms with Crippen molar-refractivity contribution in [2.45, 2.75) is 18.9 Å². The Morgan fingerprint density at radius 3 is 2.23 bits per heavy atom. The minimum atomic E-state index is -0.793. The molecule has 1 amide bonds. The van der Waals surface area contributed by atoms with Crippen LogP contribution in [0.1, 0.15) is 34.8 Å². The molecule has 3 rings (SSSR count). The van der Waals surface area contributed by atoms with E-state index in [0.717, 1.165) is 5.56 Å². The van der Waals surface area contributed by atoms with Gasteiger partial charge in [-0.25, -0.2) is 0 Å². The number of carbonyl (C=O) groups is 2. The van der Waals surface area contributed by atoms with Crippen LogP contribution in [0, 0.1) is 0 Å². The first-order valence-corrected chi connectivity index (χ1v) is 10.1. The average molecular weight is 412 g/mol. The monoisotopic (exact) mass is 412 g/mol. The summed E-state index contributed by atoms with van der Waals surface area (Å²) in [6.45, 7) is 2.56. The zero-order valence-electron chi connectivity index (χ0n) is 17.4. The van der Waals surface area contributed by atoms with Crippen LogP contribution in [0.25, 0.3) is 0 Å². The molecule has 30 heavy (non-hydrogen) atoms. The van der Waals surface area contributed by atoms with Crippen LogP contribution in [0.15, 0.2) is 48.5 Å². The van der Waals surface area contributed by atoms with Gasteiger partial charge in [0.05, 0.1) is 14.2 Å². The first-order chi connectivity index (χ1) is 14.5. The van der Waals surface area contributed by atoms with Crippen LogP contribution in [0.5, 0.6) is 11.5 Å². The third kappa shape index (κ3) is 5.10. The first kappa shape index (κ1) is 21.6. The van der Waals surface area contributed by atoms with E-state index in [0.29, 0.717) is 49.7 Å². The van der Waals surface area contributed by atoms with Gasteiger partial charge in [-0.2, -0.15) is 0 Å².